The molecule has 0 bridgehead atoms. The first kappa shape index (κ1) is 20.8. The summed E-state index contributed by atoms with van der Waals surface area (Å²) in [7, 11) is 0. The summed E-state index contributed by atoms with van der Waals surface area (Å²) in [6, 6.07) is 22.1. The monoisotopic (exact) mass is 534 g/mol. The van der Waals surface area contributed by atoms with Gasteiger partial charge in [0.25, 0.3) is 5.91 Å². The van der Waals surface area contributed by atoms with Crippen LogP contribution in [0.2, 0.25) is 0 Å². The molecule has 3 aromatic carbocycles. The highest BCUT2D eigenvalue weighted by atomic mass is 127. The molecular weight excluding hydrogens is 511 g/mol. The van der Waals surface area contributed by atoms with Crippen LogP contribution < -0.4 is 10.6 Å². The van der Waals surface area contributed by atoms with Gasteiger partial charge in [-0.05, 0) is 84.8 Å². The molecule has 6 heteroatoms. The van der Waals surface area contributed by atoms with E-state index >= 15 is 0 Å². The predicted molar refractivity (Wildman–Crippen MR) is 138 cm³/mol. The minimum absolute atomic E-state index is 0.116. The number of benzene rings is 3. The Morgan fingerprint density at radius 3 is 2.62 bits per heavy atom. The Morgan fingerprint density at radius 2 is 1.84 bits per heavy atom. The number of para-hydroxylation sites is 2. The zero-order chi connectivity index (χ0) is 22.4. The summed E-state index contributed by atoms with van der Waals surface area (Å²) < 4.78 is 3.25. The fraction of sp³-hybridized carbons (Fsp3) is 0.154. The third-order valence-electron chi connectivity index (χ3n) is 5.87. The fourth-order valence-electron chi connectivity index (χ4n) is 4.39. The van der Waals surface area contributed by atoms with E-state index in [1.54, 1.807) is 0 Å². The smallest absolute Gasteiger partial charge is 0.255 e. The predicted octanol–water partition coefficient (Wildman–Crippen LogP) is 6.19. The van der Waals surface area contributed by atoms with Crippen LogP contribution in [0.4, 0.5) is 11.6 Å². The lowest BCUT2D eigenvalue weighted by molar-refractivity contribution is -0.113. The van der Waals surface area contributed by atoms with Crippen LogP contribution in [0.15, 0.2) is 78.0 Å². The van der Waals surface area contributed by atoms with Crippen LogP contribution in [0.5, 0.6) is 0 Å². The molecule has 0 radical (unpaired) electrons. The number of anilines is 2. The summed E-state index contributed by atoms with van der Waals surface area (Å²) in [4.78, 5) is 18.5. The van der Waals surface area contributed by atoms with Crippen molar-refractivity contribution in [1.29, 1.82) is 0 Å². The van der Waals surface area contributed by atoms with Crippen molar-refractivity contribution in [3.8, 4) is 0 Å². The lowest BCUT2D eigenvalue weighted by atomic mass is 9.94. The van der Waals surface area contributed by atoms with Crippen LogP contribution >= 0.6 is 22.6 Å². The van der Waals surface area contributed by atoms with Gasteiger partial charge in [0.2, 0.25) is 5.95 Å². The molecule has 1 aliphatic heterocycles. The number of hydrogen-bond acceptors (Lipinski definition) is 3. The molecule has 5 nitrogen and oxygen atoms in total. The minimum Gasteiger partial charge on any atom is -0.329 e. The highest BCUT2D eigenvalue weighted by molar-refractivity contribution is 14.1. The van der Waals surface area contributed by atoms with E-state index in [0.717, 1.165) is 43.1 Å². The van der Waals surface area contributed by atoms with E-state index < -0.39 is 0 Å². The quantitative estimate of drug-likeness (QED) is 0.309. The number of imidazole rings is 1. The molecule has 1 aliphatic rings. The van der Waals surface area contributed by atoms with Gasteiger partial charge >= 0.3 is 0 Å². The number of nitrogens with zero attached hydrogens (tertiary/aromatic N) is 2. The van der Waals surface area contributed by atoms with Gasteiger partial charge in [-0.25, -0.2) is 4.98 Å². The van der Waals surface area contributed by atoms with Crippen molar-refractivity contribution in [2.24, 2.45) is 0 Å². The van der Waals surface area contributed by atoms with Crippen LogP contribution in [0.25, 0.3) is 11.0 Å². The van der Waals surface area contributed by atoms with Gasteiger partial charge in [0.05, 0.1) is 22.6 Å². The number of carbonyl (C=O) groups is 1. The molecule has 2 N–H and O–H groups in total. The van der Waals surface area contributed by atoms with E-state index in [9.17, 15) is 4.79 Å². The Labute approximate surface area is 200 Å². The van der Waals surface area contributed by atoms with Crippen LogP contribution in [-0.2, 0) is 4.79 Å². The van der Waals surface area contributed by atoms with E-state index in [2.05, 4.69) is 75.0 Å². The molecule has 5 rings (SSSR count). The average molecular weight is 534 g/mol. The molecule has 4 aromatic rings. The number of amides is 1. The molecular formula is C26H23IN4O. The zero-order valence-electron chi connectivity index (χ0n) is 18.1. The number of halogens is 1. The lowest BCUT2D eigenvalue weighted by Gasteiger charge is -2.31. The van der Waals surface area contributed by atoms with E-state index in [-0.39, 0.29) is 11.9 Å². The number of rotatable bonds is 3. The maximum Gasteiger partial charge on any atom is 0.255 e. The summed E-state index contributed by atoms with van der Waals surface area (Å²) in [5.41, 5.74) is 7.46. The van der Waals surface area contributed by atoms with Gasteiger partial charge in [0.15, 0.2) is 0 Å². The van der Waals surface area contributed by atoms with Gasteiger partial charge in [-0.3, -0.25) is 9.36 Å². The van der Waals surface area contributed by atoms with Gasteiger partial charge in [-0.2, -0.15) is 0 Å². The summed E-state index contributed by atoms with van der Waals surface area (Å²) >= 11 is 2.32. The number of carbonyl (C=O) groups excluding carboxylic acids is 1. The zero-order valence-corrected chi connectivity index (χ0v) is 20.3. The number of allylic oxidation sites excluding steroid dienone is 1. The maximum atomic E-state index is 13.7. The van der Waals surface area contributed by atoms with Gasteiger partial charge in [-0.1, -0.05) is 42.0 Å². The van der Waals surface area contributed by atoms with Crippen molar-refractivity contribution < 1.29 is 4.79 Å². The Morgan fingerprint density at radius 1 is 1.03 bits per heavy atom. The summed E-state index contributed by atoms with van der Waals surface area (Å²) in [6.45, 7) is 6.01. The fourth-order valence-corrected chi connectivity index (χ4v) is 4.96. The number of aryl methyl sites for hydroxylation is 2. The van der Waals surface area contributed by atoms with Crippen molar-refractivity contribution in [1.82, 2.24) is 9.55 Å². The van der Waals surface area contributed by atoms with E-state index in [1.165, 1.54) is 5.56 Å². The molecule has 0 saturated carbocycles. The number of nitrogens with one attached hydrogen (secondary N) is 2. The highest BCUT2D eigenvalue weighted by Gasteiger charge is 2.34. The van der Waals surface area contributed by atoms with E-state index in [0.29, 0.717) is 5.57 Å². The van der Waals surface area contributed by atoms with Gasteiger partial charge < -0.3 is 10.6 Å². The highest BCUT2D eigenvalue weighted by Crippen LogP contribution is 2.39. The summed E-state index contributed by atoms with van der Waals surface area (Å²) in [5, 5.41) is 6.52. The molecule has 0 unspecified atom stereocenters. The molecule has 1 atom stereocenters. The largest absolute Gasteiger partial charge is 0.329 e. The minimum atomic E-state index is -0.292. The lowest BCUT2D eigenvalue weighted by Crippen LogP contribution is -2.31. The normalized spacial score (nSPS) is 15.4. The standard InChI is InChI=1S/C26H23IN4O/c1-15-11-12-20(16(2)13-15)29-25(32)23-17(3)28-26-30-21-9-4-5-10-22(21)31(26)24(23)18-7-6-8-19(27)14-18/h4-14,24H,1-3H3,(H,28,30)(H,29,32)/t24-/m0/s1. The Kier molecular flexibility index (Phi) is 5.25. The van der Waals surface area contributed by atoms with Crippen LogP contribution in [0, 0.1) is 17.4 Å². The first-order valence-electron chi connectivity index (χ1n) is 10.5. The molecule has 0 spiro atoms. The SMILES string of the molecule is CC1=C(C(=O)Nc2ccc(C)cc2C)[C@H](c2cccc(I)c2)n2c(nc3ccccc32)N1. The molecule has 2 heterocycles. The second kappa shape index (κ2) is 8.09. The topological polar surface area (TPSA) is 59.0 Å². The van der Waals surface area contributed by atoms with E-state index in [4.69, 9.17) is 4.98 Å². The van der Waals surface area contributed by atoms with Crippen LogP contribution in [0.1, 0.15) is 29.7 Å². The maximum absolute atomic E-state index is 13.7. The first-order chi connectivity index (χ1) is 15.4. The molecule has 32 heavy (non-hydrogen) atoms. The molecule has 1 aromatic heterocycles. The summed E-state index contributed by atoms with van der Waals surface area (Å²) in [5.74, 6) is 0.630. The molecule has 0 fully saturated rings. The van der Waals surface area contributed by atoms with Crippen molar-refractivity contribution in [2.75, 3.05) is 10.6 Å². The average Bonchev–Trinajstić information content (AvgIpc) is 3.12. The van der Waals surface area contributed by atoms with Crippen molar-refractivity contribution in [3.05, 3.63) is 98.3 Å². The molecule has 0 saturated heterocycles. The summed E-state index contributed by atoms with van der Waals surface area (Å²) in [6.07, 6.45) is 0. The van der Waals surface area contributed by atoms with E-state index in [1.807, 2.05) is 50.2 Å². The molecule has 1 amide bonds. The van der Waals surface area contributed by atoms with Crippen molar-refractivity contribution >= 4 is 51.2 Å². The Balaban J connectivity index is 1.67. The van der Waals surface area contributed by atoms with Crippen LogP contribution in [-0.4, -0.2) is 15.5 Å². The van der Waals surface area contributed by atoms with Crippen LogP contribution in [0.3, 0.4) is 0 Å². The van der Waals surface area contributed by atoms with Crippen molar-refractivity contribution in [3.63, 3.8) is 0 Å². The second-order valence-corrected chi connectivity index (χ2v) is 9.43. The van der Waals surface area contributed by atoms with Gasteiger partial charge in [0, 0.05) is 15.0 Å². The first-order valence-corrected chi connectivity index (χ1v) is 11.6. The third kappa shape index (κ3) is 3.58. The third-order valence-corrected chi connectivity index (χ3v) is 6.54. The van der Waals surface area contributed by atoms with Crippen molar-refractivity contribution in [2.45, 2.75) is 26.8 Å². The Bertz CT molecular complexity index is 1400. The number of aromatic nitrogens is 2. The van der Waals surface area contributed by atoms with Gasteiger partial charge in [-0.15, -0.1) is 0 Å². The Hall–Kier alpha value is -3.13. The molecule has 0 aliphatic carbocycles. The van der Waals surface area contributed by atoms with Gasteiger partial charge in [0.1, 0.15) is 0 Å². The second-order valence-electron chi connectivity index (χ2n) is 8.19. The number of fused-ring (bicyclic) bond motifs is 3. The molecule has 160 valence electrons. The number of hydrogen-bond donors (Lipinski definition) is 2.